The second kappa shape index (κ2) is 6.88. The van der Waals surface area contributed by atoms with Crippen molar-refractivity contribution in [2.24, 2.45) is 0 Å². The van der Waals surface area contributed by atoms with Gasteiger partial charge in [0, 0.05) is 6.42 Å². The van der Waals surface area contributed by atoms with Gasteiger partial charge in [-0.3, -0.25) is 0 Å². The number of hydrogen-bond donors (Lipinski definition) is 0. The monoisotopic (exact) mass is 164 g/mol. The molecule has 0 N–H and O–H groups in total. The van der Waals surface area contributed by atoms with E-state index in [-0.39, 0.29) is 6.42 Å². The zero-order valence-electron chi connectivity index (χ0n) is 5.94. The molecule has 11 heavy (non-hydrogen) atoms. The Kier molecular flexibility index (Phi) is 7.79. The molecule has 0 unspecified atom stereocenters. The fourth-order valence-corrected chi connectivity index (χ4v) is 0.0354. The highest BCUT2D eigenvalue weighted by atomic mass is 19.4. The van der Waals surface area contributed by atoms with Gasteiger partial charge in [-0.2, -0.15) is 23.7 Å². The van der Waals surface area contributed by atoms with E-state index in [9.17, 15) is 13.2 Å². The van der Waals surface area contributed by atoms with Crippen LogP contribution in [0.2, 0.25) is 0 Å². The van der Waals surface area contributed by atoms with Crippen LogP contribution >= 0.6 is 0 Å². The van der Waals surface area contributed by atoms with E-state index in [1.807, 2.05) is 0 Å². The number of hydrogen-bond acceptors (Lipinski definition) is 2. The highest BCUT2D eigenvalue weighted by molar-refractivity contribution is 4.85. The quantitative estimate of drug-likeness (QED) is 0.551. The van der Waals surface area contributed by atoms with Gasteiger partial charge in [-0.25, -0.2) is 0 Å². The molecule has 0 heterocycles. The van der Waals surface area contributed by atoms with Gasteiger partial charge in [0.1, 0.15) is 6.42 Å². The van der Waals surface area contributed by atoms with E-state index >= 15 is 0 Å². The Morgan fingerprint density at radius 1 is 1.18 bits per heavy atom. The van der Waals surface area contributed by atoms with Gasteiger partial charge in [0.2, 0.25) is 0 Å². The molecule has 0 atom stereocenters. The average molecular weight is 164 g/mol. The van der Waals surface area contributed by atoms with Crippen LogP contribution < -0.4 is 0 Å². The van der Waals surface area contributed by atoms with E-state index in [1.54, 1.807) is 12.1 Å². The third-order valence-electron chi connectivity index (χ3n) is 0.559. The molecule has 0 aliphatic heterocycles. The second-order valence-corrected chi connectivity index (χ2v) is 1.46. The van der Waals surface area contributed by atoms with Crippen molar-refractivity contribution in [3.05, 3.63) is 0 Å². The van der Waals surface area contributed by atoms with Crippen molar-refractivity contribution in [3.63, 3.8) is 0 Å². The predicted molar refractivity (Wildman–Crippen MR) is 32.2 cm³/mol. The molecule has 0 rings (SSSR count). The smallest absolute Gasteiger partial charge is 0.197 e. The van der Waals surface area contributed by atoms with Crippen molar-refractivity contribution >= 4 is 0 Å². The third-order valence-corrected chi connectivity index (χ3v) is 0.559. The van der Waals surface area contributed by atoms with Crippen molar-refractivity contribution in [1.29, 1.82) is 10.5 Å². The normalized spacial score (nSPS) is 8.55. The van der Waals surface area contributed by atoms with E-state index in [0.717, 1.165) is 6.92 Å². The Bertz CT molecular complexity index is 148. The average Bonchev–Trinajstić information content (AvgIpc) is 1.90. The van der Waals surface area contributed by atoms with Crippen LogP contribution in [0.15, 0.2) is 0 Å². The minimum atomic E-state index is -3.96. The maximum Gasteiger partial charge on any atom is 0.388 e. The lowest BCUT2D eigenvalue weighted by Crippen LogP contribution is -2.02. The van der Waals surface area contributed by atoms with Crippen LogP contribution in [0.4, 0.5) is 13.2 Å². The molecule has 62 valence electrons. The molecule has 0 spiro atoms. The van der Waals surface area contributed by atoms with E-state index in [2.05, 4.69) is 0 Å². The molecule has 0 aliphatic rings. The van der Waals surface area contributed by atoms with Crippen molar-refractivity contribution in [3.8, 4) is 12.1 Å². The van der Waals surface area contributed by atoms with Crippen LogP contribution in [0.1, 0.15) is 19.8 Å². The largest absolute Gasteiger partial charge is 0.388 e. The minimum Gasteiger partial charge on any atom is -0.197 e. The molecule has 0 bridgehead atoms. The number of nitrogens with zero attached hydrogens (tertiary/aromatic N) is 2. The molecule has 0 saturated heterocycles. The van der Waals surface area contributed by atoms with Crippen molar-refractivity contribution in [2.45, 2.75) is 25.9 Å². The fraction of sp³-hybridized carbons (Fsp3) is 0.667. The van der Waals surface area contributed by atoms with Gasteiger partial charge in [-0.1, -0.05) is 6.92 Å². The van der Waals surface area contributed by atoms with Gasteiger partial charge in [-0.05, 0) is 0 Å². The van der Waals surface area contributed by atoms with Crippen molar-refractivity contribution in [2.75, 3.05) is 0 Å². The molecule has 0 fully saturated rings. The van der Waals surface area contributed by atoms with E-state index in [4.69, 9.17) is 10.5 Å². The van der Waals surface area contributed by atoms with Gasteiger partial charge in [0.25, 0.3) is 0 Å². The molecular formula is C6H7F3N2. The zero-order chi connectivity index (χ0) is 9.33. The Morgan fingerprint density at radius 2 is 1.45 bits per heavy atom. The summed E-state index contributed by atoms with van der Waals surface area (Å²) in [4.78, 5) is 0. The summed E-state index contributed by atoms with van der Waals surface area (Å²) < 4.78 is 32.4. The lowest BCUT2D eigenvalue weighted by molar-refractivity contribution is -0.130. The van der Waals surface area contributed by atoms with Crippen LogP contribution in [0.5, 0.6) is 0 Å². The maximum atomic E-state index is 10.8. The highest BCUT2D eigenvalue weighted by Gasteiger charge is 2.22. The lowest BCUT2D eigenvalue weighted by Gasteiger charge is -1.96. The Balaban J connectivity index is 0. The number of alkyl halides is 3. The summed E-state index contributed by atoms with van der Waals surface area (Å²) in [7, 11) is 0. The molecule has 0 amide bonds. The minimum absolute atomic E-state index is 0. The van der Waals surface area contributed by atoms with Crippen molar-refractivity contribution in [1.82, 2.24) is 0 Å². The van der Waals surface area contributed by atoms with E-state index < -0.39 is 12.6 Å². The second-order valence-electron chi connectivity index (χ2n) is 1.46. The molecule has 2 nitrogen and oxygen atoms in total. The zero-order valence-corrected chi connectivity index (χ0v) is 5.94. The Morgan fingerprint density at radius 3 is 1.45 bits per heavy atom. The molecule has 0 aliphatic carbocycles. The molecule has 0 radical (unpaired) electrons. The summed E-state index contributed by atoms with van der Waals surface area (Å²) in [5.41, 5.74) is 0. The standard InChI is InChI=1S/C3H5F3.C3H2N2/c1-2-3(4,5)6;4-2-1-3-5/h2H2,1H3;1H2. The molecule has 0 aromatic carbocycles. The van der Waals surface area contributed by atoms with Crippen LogP contribution in [0.3, 0.4) is 0 Å². The summed E-state index contributed by atoms with van der Waals surface area (Å²) in [6, 6.07) is 3.31. The van der Waals surface area contributed by atoms with E-state index in [1.165, 1.54) is 0 Å². The highest BCUT2D eigenvalue weighted by Crippen LogP contribution is 2.17. The van der Waals surface area contributed by atoms with Crippen LogP contribution in [0, 0.1) is 22.7 Å². The van der Waals surface area contributed by atoms with Gasteiger partial charge in [-0.15, -0.1) is 0 Å². The first-order valence-corrected chi connectivity index (χ1v) is 2.78. The van der Waals surface area contributed by atoms with Gasteiger partial charge < -0.3 is 0 Å². The molecule has 5 heteroatoms. The summed E-state index contributed by atoms with van der Waals surface area (Å²) >= 11 is 0. The number of nitriles is 2. The van der Waals surface area contributed by atoms with Crippen LogP contribution in [0.25, 0.3) is 0 Å². The summed E-state index contributed by atoms with van der Waals surface area (Å²) in [5.74, 6) is 0. The fourth-order valence-electron chi connectivity index (χ4n) is 0.0354. The Labute approximate surface area is 62.9 Å². The molecule has 0 saturated carbocycles. The predicted octanol–water partition coefficient (Wildman–Crippen LogP) is 2.38. The van der Waals surface area contributed by atoms with Gasteiger partial charge in [0.05, 0.1) is 12.1 Å². The third kappa shape index (κ3) is 28.3. The molecule has 0 aromatic rings. The van der Waals surface area contributed by atoms with Crippen LogP contribution in [-0.4, -0.2) is 6.18 Å². The molecule has 0 aromatic heterocycles. The Hall–Kier alpha value is -1.23. The van der Waals surface area contributed by atoms with Gasteiger partial charge >= 0.3 is 6.18 Å². The summed E-state index contributed by atoms with van der Waals surface area (Å²) in [5, 5.41) is 15.2. The van der Waals surface area contributed by atoms with E-state index in [0.29, 0.717) is 0 Å². The summed E-state index contributed by atoms with van der Waals surface area (Å²) in [6.07, 6.45) is -4.69. The van der Waals surface area contributed by atoms with Crippen LogP contribution in [-0.2, 0) is 0 Å². The first-order valence-electron chi connectivity index (χ1n) is 2.78. The SMILES string of the molecule is CCC(F)(F)F.N#CCC#N. The number of rotatable bonds is 0. The first-order chi connectivity index (χ1) is 4.97. The number of halogens is 3. The van der Waals surface area contributed by atoms with Crippen molar-refractivity contribution < 1.29 is 13.2 Å². The summed E-state index contributed by atoms with van der Waals surface area (Å²) in [6.45, 7) is 1.08. The first kappa shape index (κ1) is 12.4. The lowest BCUT2D eigenvalue weighted by atomic mass is 10.5. The molecular weight excluding hydrogens is 157 g/mol. The van der Waals surface area contributed by atoms with Gasteiger partial charge in [0.15, 0.2) is 0 Å². The maximum absolute atomic E-state index is 10.8. The topological polar surface area (TPSA) is 47.6 Å².